The van der Waals surface area contributed by atoms with Crippen molar-refractivity contribution in [1.82, 2.24) is 0 Å². The molecule has 1 unspecified atom stereocenters. The minimum absolute atomic E-state index is 0. The number of nitrogens with two attached hydrogens (primary N) is 1. The Morgan fingerprint density at radius 3 is 2.61 bits per heavy atom. The van der Waals surface area contributed by atoms with Crippen molar-refractivity contribution in [3.05, 3.63) is 34.6 Å². The molecule has 0 aliphatic carbocycles. The zero-order chi connectivity index (χ0) is 13.0. The van der Waals surface area contributed by atoms with Crippen LogP contribution in [0, 0.1) is 5.82 Å². The Hall–Kier alpha value is -0.910. The second kappa shape index (κ2) is 7.51. The molecule has 0 fully saturated rings. The van der Waals surface area contributed by atoms with E-state index < -0.39 is 24.0 Å². The van der Waals surface area contributed by atoms with Crippen molar-refractivity contribution < 1.29 is 18.3 Å². The first-order valence-corrected chi connectivity index (χ1v) is 5.35. The molecule has 102 valence electrons. The first-order valence-electron chi connectivity index (χ1n) is 4.98. The molecule has 3 nitrogen and oxygen atoms in total. The minimum atomic E-state index is -2.05. The summed E-state index contributed by atoms with van der Waals surface area (Å²) < 4.78 is 31.1. The van der Waals surface area contributed by atoms with Crippen LogP contribution in [0.3, 0.4) is 0 Å². The van der Waals surface area contributed by atoms with Crippen LogP contribution < -0.4 is 5.73 Å². The van der Waals surface area contributed by atoms with Crippen LogP contribution in [-0.4, -0.2) is 18.7 Å². The van der Waals surface area contributed by atoms with Gasteiger partial charge in [-0.2, -0.15) is 0 Å². The summed E-state index contributed by atoms with van der Waals surface area (Å²) >= 11 is 5.61. The quantitative estimate of drug-likeness (QED) is 0.870. The van der Waals surface area contributed by atoms with Gasteiger partial charge in [-0.25, -0.2) is 13.6 Å². The smallest absolute Gasteiger partial charge is 0.342 e. The third-order valence-electron chi connectivity index (χ3n) is 2.10. The lowest BCUT2D eigenvalue weighted by Crippen LogP contribution is -2.31. The SMILES string of the molecule is CCOC(=O)C(F)[C@@H](N)c1cc(F)cc(Cl)c1.Cl. The summed E-state index contributed by atoms with van der Waals surface area (Å²) in [5, 5.41) is 0.0894. The Labute approximate surface area is 115 Å². The zero-order valence-corrected chi connectivity index (χ0v) is 11.1. The fourth-order valence-corrected chi connectivity index (χ4v) is 1.54. The van der Waals surface area contributed by atoms with Crippen molar-refractivity contribution in [2.75, 3.05) is 6.61 Å². The fraction of sp³-hybridized carbons (Fsp3) is 0.364. The lowest BCUT2D eigenvalue weighted by atomic mass is 10.0. The maximum atomic E-state index is 13.6. The normalized spacial score (nSPS) is 13.4. The lowest BCUT2D eigenvalue weighted by Gasteiger charge is -2.16. The number of rotatable bonds is 4. The second-order valence-corrected chi connectivity index (χ2v) is 3.82. The predicted octanol–water partition coefficient (Wildman–Crippen LogP) is 2.80. The van der Waals surface area contributed by atoms with Crippen LogP contribution in [0.15, 0.2) is 18.2 Å². The Bertz CT molecular complexity index is 398. The Morgan fingerprint density at radius 1 is 1.50 bits per heavy atom. The van der Waals surface area contributed by atoms with Gasteiger partial charge in [0, 0.05) is 5.02 Å². The summed E-state index contributed by atoms with van der Waals surface area (Å²) in [6.07, 6.45) is -2.05. The van der Waals surface area contributed by atoms with Gasteiger partial charge in [0.25, 0.3) is 0 Å². The topological polar surface area (TPSA) is 52.3 Å². The molecule has 18 heavy (non-hydrogen) atoms. The third kappa shape index (κ3) is 4.40. The Kier molecular flexibility index (Phi) is 7.13. The molecule has 0 saturated heterocycles. The van der Waals surface area contributed by atoms with Gasteiger partial charge in [-0.15, -0.1) is 12.4 Å². The zero-order valence-electron chi connectivity index (χ0n) is 9.53. The number of ether oxygens (including phenoxy) is 1. The molecule has 0 radical (unpaired) electrons. The van der Waals surface area contributed by atoms with E-state index in [-0.39, 0.29) is 29.6 Å². The molecule has 0 amide bonds. The van der Waals surface area contributed by atoms with Crippen LogP contribution >= 0.6 is 24.0 Å². The number of halogens is 4. The summed E-state index contributed by atoms with van der Waals surface area (Å²) in [5.41, 5.74) is 5.61. The minimum Gasteiger partial charge on any atom is -0.464 e. The number of alkyl halides is 1. The molecule has 1 aromatic rings. The number of carbonyl (C=O) groups excluding carboxylic acids is 1. The van der Waals surface area contributed by atoms with Gasteiger partial charge in [0.15, 0.2) is 0 Å². The molecule has 0 aliphatic heterocycles. The number of hydrogen-bond acceptors (Lipinski definition) is 3. The maximum absolute atomic E-state index is 13.6. The number of esters is 1. The Morgan fingerprint density at radius 2 is 2.11 bits per heavy atom. The van der Waals surface area contributed by atoms with Crippen LogP contribution in [-0.2, 0) is 9.53 Å². The second-order valence-electron chi connectivity index (χ2n) is 3.38. The van der Waals surface area contributed by atoms with Crippen LogP contribution in [0.1, 0.15) is 18.5 Å². The van der Waals surface area contributed by atoms with Crippen molar-refractivity contribution in [1.29, 1.82) is 0 Å². The van der Waals surface area contributed by atoms with E-state index in [1.807, 2.05) is 0 Å². The highest BCUT2D eigenvalue weighted by Gasteiger charge is 2.28. The number of benzene rings is 1. The Balaban J connectivity index is 0.00000289. The van der Waals surface area contributed by atoms with Gasteiger partial charge in [0.2, 0.25) is 6.17 Å². The molecule has 1 rings (SSSR count). The molecule has 0 spiro atoms. The highest BCUT2D eigenvalue weighted by molar-refractivity contribution is 6.30. The largest absolute Gasteiger partial charge is 0.464 e. The van der Waals surface area contributed by atoms with E-state index in [1.165, 1.54) is 6.07 Å². The molecular formula is C11H13Cl2F2NO2. The van der Waals surface area contributed by atoms with Crippen molar-refractivity contribution in [3.8, 4) is 0 Å². The van der Waals surface area contributed by atoms with E-state index in [2.05, 4.69) is 4.74 Å². The van der Waals surface area contributed by atoms with Gasteiger partial charge in [-0.3, -0.25) is 0 Å². The van der Waals surface area contributed by atoms with E-state index in [4.69, 9.17) is 17.3 Å². The first kappa shape index (κ1) is 17.1. The van der Waals surface area contributed by atoms with Crippen molar-refractivity contribution in [2.24, 2.45) is 5.73 Å². The summed E-state index contributed by atoms with van der Waals surface area (Å²) in [7, 11) is 0. The predicted molar refractivity (Wildman–Crippen MR) is 67.1 cm³/mol. The summed E-state index contributed by atoms with van der Waals surface area (Å²) in [6, 6.07) is 2.10. The first-order chi connectivity index (χ1) is 7.95. The number of carbonyl (C=O) groups is 1. The molecule has 0 aliphatic rings. The summed E-state index contributed by atoms with van der Waals surface area (Å²) in [4.78, 5) is 11.1. The molecule has 2 N–H and O–H groups in total. The van der Waals surface area contributed by atoms with Crippen LogP contribution in [0.2, 0.25) is 5.02 Å². The average Bonchev–Trinajstić information content (AvgIpc) is 2.26. The molecule has 0 heterocycles. The van der Waals surface area contributed by atoms with E-state index in [1.54, 1.807) is 6.92 Å². The van der Waals surface area contributed by atoms with Crippen LogP contribution in [0.25, 0.3) is 0 Å². The summed E-state index contributed by atoms with van der Waals surface area (Å²) in [6.45, 7) is 1.60. The van der Waals surface area contributed by atoms with Crippen LogP contribution in [0.4, 0.5) is 8.78 Å². The fourth-order valence-electron chi connectivity index (χ4n) is 1.31. The molecule has 0 aromatic heterocycles. The van der Waals surface area contributed by atoms with Gasteiger partial charge in [-0.05, 0) is 30.7 Å². The molecule has 7 heteroatoms. The summed E-state index contributed by atoms with van der Waals surface area (Å²) in [5.74, 6) is -1.71. The molecule has 1 aromatic carbocycles. The lowest BCUT2D eigenvalue weighted by molar-refractivity contribution is -0.149. The molecule has 0 saturated carbocycles. The maximum Gasteiger partial charge on any atom is 0.342 e. The van der Waals surface area contributed by atoms with Gasteiger partial charge < -0.3 is 10.5 Å². The van der Waals surface area contributed by atoms with Crippen molar-refractivity contribution in [2.45, 2.75) is 19.1 Å². The van der Waals surface area contributed by atoms with E-state index >= 15 is 0 Å². The van der Waals surface area contributed by atoms with E-state index in [0.717, 1.165) is 12.1 Å². The van der Waals surface area contributed by atoms with Crippen molar-refractivity contribution >= 4 is 30.0 Å². The monoisotopic (exact) mass is 299 g/mol. The van der Waals surface area contributed by atoms with E-state index in [9.17, 15) is 13.6 Å². The molecular weight excluding hydrogens is 287 g/mol. The van der Waals surface area contributed by atoms with Gasteiger partial charge in [0.1, 0.15) is 5.82 Å². The molecule has 0 bridgehead atoms. The standard InChI is InChI=1S/C11H12ClF2NO2.ClH/c1-2-17-11(16)9(14)10(15)6-3-7(12)5-8(13)4-6;/h3-5,9-10H,2,15H2,1H3;1H/t9?,10-;/m0./s1. The van der Waals surface area contributed by atoms with Gasteiger partial charge >= 0.3 is 5.97 Å². The van der Waals surface area contributed by atoms with E-state index in [0.29, 0.717) is 0 Å². The van der Waals surface area contributed by atoms with Crippen molar-refractivity contribution in [3.63, 3.8) is 0 Å². The highest BCUT2D eigenvalue weighted by atomic mass is 35.5. The molecule has 2 atom stereocenters. The van der Waals surface area contributed by atoms with Crippen LogP contribution in [0.5, 0.6) is 0 Å². The van der Waals surface area contributed by atoms with Gasteiger partial charge in [-0.1, -0.05) is 11.6 Å². The average molecular weight is 300 g/mol. The number of hydrogen-bond donors (Lipinski definition) is 1. The third-order valence-corrected chi connectivity index (χ3v) is 2.32. The van der Waals surface area contributed by atoms with Gasteiger partial charge in [0.05, 0.1) is 12.6 Å². The highest BCUT2D eigenvalue weighted by Crippen LogP contribution is 2.22.